The van der Waals surface area contributed by atoms with Crippen LogP contribution in [0.1, 0.15) is 69.7 Å². The van der Waals surface area contributed by atoms with Crippen molar-refractivity contribution in [3.8, 4) is 0 Å². The van der Waals surface area contributed by atoms with Crippen molar-refractivity contribution in [1.82, 2.24) is 50.5 Å². The van der Waals surface area contributed by atoms with Crippen LogP contribution in [0.15, 0.2) is 12.5 Å². The van der Waals surface area contributed by atoms with Crippen LogP contribution in [0.2, 0.25) is 0 Å². The molecular weight excluding hydrogens is 520 g/mol. The van der Waals surface area contributed by atoms with E-state index in [-0.39, 0.29) is 6.23 Å². The van der Waals surface area contributed by atoms with Gasteiger partial charge in [-0.2, -0.15) is 9.97 Å². The Morgan fingerprint density at radius 2 is 1.85 bits per heavy atom. The summed E-state index contributed by atoms with van der Waals surface area (Å²) in [5.41, 5.74) is 2.44. The van der Waals surface area contributed by atoms with Crippen LogP contribution in [-0.2, 0) is 17.8 Å². The van der Waals surface area contributed by atoms with E-state index in [0.29, 0.717) is 6.54 Å². The third-order valence-corrected chi connectivity index (χ3v) is 8.38. The second-order valence-corrected chi connectivity index (χ2v) is 11.5. The van der Waals surface area contributed by atoms with Gasteiger partial charge >= 0.3 is 0 Å². The van der Waals surface area contributed by atoms with Crippen molar-refractivity contribution in [2.45, 2.75) is 83.1 Å². The first kappa shape index (κ1) is 28.3. The Hall–Kier alpha value is -2.87. The maximum Gasteiger partial charge on any atom is 0.229 e. The van der Waals surface area contributed by atoms with Gasteiger partial charge in [-0.05, 0) is 51.6 Å². The molecule has 0 spiro atoms. The number of piperazine rings is 1. The van der Waals surface area contributed by atoms with E-state index in [1.807, 2.05) is 17.2 Å². The van der Waals surface area contributed by atoms with Crippen molar-refractivity contribution in [1.29, 1.82) is 0 Å². The second kappa shape index (κ2) is 14.3. The zero-order chi connectivity index (χ0) is 27.7. The van der Waals surface area contributed by atoms with Crippen LogP contribution in [-0.4, -0.2) is 93.0 Å². The van der Waals surface area contributed by atoms with Crippen LogP contribution in [0.5, 0.6) is 0 Å². The number of nitrogens with zero attached hydrogens (tertiary/aromatic N) is 8. The highest BCUT2D eigenvalue weighted by molar-refractivity contribution is 5.84. The summed E-state index contributed by atoms with van der Waals surface area (Å²) in [6.07, 6.45) is 15.0. The van der Waals surface area contributed by atoms with Crippen LogP contribution in [0.4, 0.5) is 11.8 Å². The van der Waals surface area contributed by atoms with Gasteiger partial charge in [-0.15, -0.1) is 5.10 Å². The van der Waals surface area contributed by atoms with E-state index in [2.05, 4.69) is 41.0 Å². The minimum Gasteiger partial charge on any atom is -0.362 e. The molecule has 0 aromatic carbocycles. The van der Waals surface area contributed by atoms with Crippen LogP contribution in [0, 0.1) is 0 Å². The van der Waals surface area contributed by atoms with Gasteiger partial charge in [0.05, 0.1) is 25.6 Å². The first-order chi connectivity index (χ1) is 20.3. The second-order valence-electron chi connectivity index (χ2n) is 11.5. The lowest BCUT2D eigenvalue weighted by molar-refractivity contribution is -0.0298. The molecule has 3 aliphatic rings. The topological polar surface area (TPSA) is 135 Å². The van der Waals surface area contributed by atoms with Gasteiger partial charge in [0, 0.05) is 45.4 Å². The van der Waals surface area contributed by atoms with E-state index in [1.165, 1.54) is 32.1 Å². The molecule has 41 heavy (non-hydrogen) atoms. The van der Waals surface area contributed by atoms with Gasteiger partial charge < -0.3 is 30.9 Å². The van der Waals surface area contributed by atoms with Crippen LogP contribution in [0.25, 0.3) is 11.2 Å². The summed E-state index contributed by atoms with van der Waals surface area (Å²) in [4.78, 5) is 16.8. The van der Waals surface area contributed by atoms with Crippen molar-refractivity contribution in [3.63, 3.8) is 0 Å². The lowest BCUT2D eigenvalue weighted by Gasteiger charge is -2.28. The fraction of sp³-hybridized carbons (Fsp3) is 0.750. The number of rotatable bonds is 13. The van der Waals surface area contributed by atoms with Gasteiger partial charge in [0.2, 0.25) is 5.95 Å². The summed E-state index contributed by atoms with van der Waals surface area (Å²) in [5, 5.41) is 22.9. The molecule has 2 saturated heterocycles. The number of imidazole rings is 1. The highest BCUT2D eigenvalue weighted by atomic mass is 16.5. The normalized spacial score (nSPS) is 20.6. The SMILES string of the molecule is c1c(CNc2nc(N3CCNCC3)nc3c2ncn3C2CCCCO2)nnn1CCNCCCNC1CCCCC1. The summed E-state index contributed by atoms with van der Waals surface area (Å²) in [5.74, 6) is 1.44. The molecule has 0 radical (unpaired) electrons. The molecule has 3 aromatic heterocycles. The molecule has 13 heteroatoms. The van der Waals surface area contributed by atoms with Gasteiger partial charge in [-0.25, -0.2) is 4.98 Å². The van der Waals surface area contributed by atoms with Crippen molar-refractivity contribution in [2.75, 3.05) is 62.6 Å². The third-order valence-electron chi connectivity index (χ3n) is 8.38. The number of anilines is 2. The highest BCUT2D eigenvalue weighted by Crippen LogP contribution is 2.29. The Labute approximate surface area is 242 Å². The molecule has 4 N–H and O–H groups in total. The van der Waals surface area contributed by atoms with E-state index < -0.39 is 0 Å². The molecule has 224 valence electrons. The van der Waals surface area contributed by atoms with Gasteiger partial charge in [-0.3, -0.25) is 9.25 Å². The Morgan fingerprint density at radius 3 is 2.71 bits per heavy atom. The largest absolute Gasteiger partial charge is 0.362 e. The number of hydrogen-bond donors (Lipinski definition) is 4. The van der Waals surface area contributed by atoms with E-state index in [0.717, 1.165) is 119 Å². The first-order valence-electron chi connectivity index (χ1n) is 15.7. The van der Waals surface area contributed by atoms with Crippen LogP contribution >= 0.6 is 0 Å². The molecule has 1 saturated carbocycles. The smallest absolute Gasteiger partial charge is 0.229 e. The molecule has 6 rings (SSSR count). The van der Waals surface area contributed by atoms with Crippen molar-refractivity contribution < 1.29 is 4.74 Å². The summed E-state index contributed by atoms with van der Waals surface area (Å²) < 4.78 is 10.0. The molecule has 1 atom stereocenters. The molecule has 0 amide bonds. The quantitative estimate of drug-likeness (QED) is 0.226. The van der Waals surface area contributed by atoms with Crippen molar-refractivity contribution >= 4 is 22.9 Å². The molecule has 0 bridgehead atoms. The van der Waals surface area contributed by atoms with E-state index in [1.54, 1.807) is 0 Å². The zero-order valence-corrected chi connectivity index (χ0v) is 24.2. The van der Waals surface area contributed by atoms with Crippen molar-refractivity contribution in [2.24, 2.45) is 0 Å². The molecule has 1 unspecified atom stereocenters. The number of ether oxygens (including phenoxy) is 1. The monoisotopic (exact) mass is 566 g/mol. The Kier molecular flexibility index (Phi) is 9.89. The number of nitrogens with one attached hydrogen (secondary N) is 4. The predicted octanol–water partition coefficient (Wildman–Crippen LogP) is 2.04. The van der Waals surface area contributed by atoms with Crippen LogP contribution < -0.4 is 26.2 Å². The average molecular weight is 567 g/mol. The molecule has 13 nitrogen and oxygen atoms in total. The Morgan fingerprint density at radius 1 is 0.976 bits per heavy atom. The molecule has 2 aliphatic heterocycles. The molecular formula is C28H46N12O. The standard InChI is InChI=1S/C28H46N12O/c1-2-7-22(8-3-1)31-11-6-10-29-14-17-39-20-23(36-37-39)19-32-26-25-27(35-28(34-26)38-15-12-30-13-16-38)40(21-33-25)24-9-4-5-18-41-24/h20-22,24,29-31H,1-19H2,(H,32,34,35). The van der Waals surface area contributed by atoms with E-state index in [4.69, 9.17) is 19.7 Å². The number of fused-ring (bicyclic) bond motifs is 1. The fourth-order valence-electron chi connectivity index (χ4n) is 6.04. The summed E-state index contributed by atoms with van der Waals surface area (Å²) in [7, 11) is 0. The molecule has 1 aliphatic carbocycles. The van der Waals surface area contributed by atoms with Crippen LogP contribution in [0.3, 0.4) is 0 Å². The maximum absolute atomic E-state index is 6.06. The van der Waals surface area contributed by atoms with Gasteiger partial charge in [-0.1, -0.05) is 24.5 Å². The lowest BCUT2D eigenvalue weighted by Crippen LogP contribution is -2.44. The average Bonchev–Trinajstić information content (AvgIpc) is 3.68. The minimum absolute atomic E-state index is 0.0333. The minimum atomic E-state index is -0.0333. The maximum atomic E-state index is 6.06. The number of hydrogen-bond acceptors (Lipinski definition) is 11. The fourth-order valence-corrected chi connectivity index (χ4v) is 6.04. The summed E-state index contributed by atoms with van der Waals surface area (Å²) in [6.45, 7) is 8.65. The molecule has 3 aromatic rings. The van der Waals surface area contributed by atoms with Crippen molar-refractivity contribution in [3.05, 3.63) is 18.2 Å². The third kappa shape index (κ3) is 7.51. The Bertz CT molecular complexity index is 1210. The summed E-state index contributed by atoms with van der Waals surface area (Å²) >= 11 is 0. The Balaban J connectivity index is 1.03. The molecule has 3 fully saturated rings. The van der Waals surface area contributed by atoms with E-state index >= 15 is 0 Å². The van der Waals surface area contributed by atoms with Gasteiger partial charge in [0.25, 0.3) is 0 Å². The first-order valence-corrected chi connectivity index (χ1v) is 15.7. The predicted molar refractivity (Wildman–Crippen MR) is 159 cm³/mol. The summed E-state index contributed by atoms with van der Waals surface area (Å²) in [6, 6.07) is 0.736. The zero-order valence-electron chi connectivity index (χ0n) is 24.2. The van der Waals surface area contributed by atoms with Gasteiger partial charge in [0.15, 0.2) is 17.0 Å². The highest BCUT2D eigenvalue weighted by Gasteiger charge is 2.23. The lowest BCUT2D eigenvalue weighted by atomic mass is 9.95. The van der Waals surface area contributed by atoms with Gasteiger partial charge in [0.1, 0.15) is 11.9 Å². The molecule has 5 heterocycles. The van der Waals surface area contributed by atoms with E-state index in [9.17, 15) is 0 Å². The number of aromatic nitrogens is 7.